The molecule has 1 amide bonds. The van der Waals surface area contributed by atoms with Crippen molar-refractivity contribution < 1.29 is 13.2 Å². The first-order valence-corrected chi connectivity index (χ1v) is 10.7. The molecule has 0 unspecified atom stereocenters. The second-order valence-corrected chi connectivity index (χ2v) is 8.47. The van der Waals surface area contributed by atoms with Gasteiger partial charge in [0.25, 0.3) is 0 Å². The molecular formula is C19H20N2O3S2. The molecule has 0 atom stereocenters. The molecule has 0 aliphatic carbocycles. The van der Waals surface area contributed by atoms with Crippen LogP contribution < -0.4 is 0 Å². The smallest absolute Gasteiger partial charge is 0.246 e. The number of hydrogen-bond donors (Lipinski definition) is 0. The highest BCUT2D eigenvalue weighted by atomic mass is 32.2. The summed E-state index contributed by atoms with van der Waals surface area (Å²) >= 11 is 1.58. The third-order valence-corrected chi connectivity index (χ3v) is 6.37. The van der Waals surface area contributed by atoms with Gasteiger partial charge in [-0.15, -0.1) is 0 Å². The fourth-order valence-electron chi connectivity index (χ4n) is 2.62. The second-order valence-electron chi connectivity index (χ2n) is 5.87. The molecule has 0 bridgehead atoms. The number of benzene rings is 1. The van der Waals surface area contributed by atoms with Crippen molar-refractivity contribution in [3.63, 3.8) is 0 Å². The van der Waals surface area contributed by atoms with Crippen LogP contribution in [0.2, 0.25) is 0 Å². The minimum absolute atomic E-state index is 0.0897. The van der Waals surface area contributed by atoms with Crippen LogP contribution in [0.1, 0.15) is 11.1 Å². The molecule has 1 aliphatic heterocycles. The summed E-state index contributed by atoms with van der Waals surface area (Å²) in [5.74, 6) is -0.0897. The lowest BCUT2D eigenvalue weighted by Gasteiger charge is -2.32. The van der Waals surface area contributed by atoms with E-state index in [4.69, 9.17) is 0 Å². The van der Waals surface area contributed by atoms with Crippen molar-refractivity contribution in [2.45, 2.75) is 0 Å². The maximum Gasteiger partial charge on any atom is 0.246 e. The Labute approximate surface area is 157 Å². The van der Waals surface area contributed by atoms with Crippen LogP contribution >= 0.6 is 11.3 Å². The van der Waals surface area contributed by atoms with Gasteiger partial charge in [-0.25, -0.2) is 8.42 Å². The van der Waals surface area contributed by atoms with Gasteiger partial charge < -0.3 is 4.90 Å². The molecule has 1 fully saturated rings. The minimum Gasteiger partial charge on any atom is -0.337 e. The summed E-state index contributed by atoms with van der Waals surface area (Å²) in [7, 11) is -3.48. The summed E-state index contributed by atoms with van der Waals surface area (Å²) < 4.78 is 26.3. The zero-order valence-electron chi connectivity index (χ0n) is 14.2. The zero-order chi connectivity index (χ0) is 18.4. The number of nitrogens with zero attached hydrogens (tertiary/aromatic N) is 2. The molecule has 136 valence electrons. The van der Waals surface area contributed by atoms with Crippen LogP contribution in [0.5, 0.6) is 0 Å². The predicted molar refractivity (Wildman–Crippen MR) is 106 cm³/mol. The van der Waals surface area contributed by atoms with Crippen LogP contribution in [0.15, 0.2) is 58.6 Å². The highest BCUT2D eigenvalue weighted by Gasteiger charge is 2.26. The molecule has 5 nitrogen and oxygen atoms in total. The van der Waals surface area contributed by atoms with Crippen molar-refractivity contribution in [3.8, 4) is 0 Å². The van der Waals surface area contributed by atoms with Crippen LogP contribution in [0.25, 0.3) is 12.2 Å². The molecule has 1 aromatic carbocycles. The molecule has 1 aromatic heterocycles. The maximum atomic E-state index is 12.4. The van der Waals surface area contributed by atoms with E-state index in [1.54, 1.807) is 34.5 Å². The molecular weight excluding hydrogens is 368 g/mol. The van der Waals surface area contributed by atoms with E-state index in [-0.39, 0.29) is 5.91 Å². The quantitative estimate of drug-likeness (QED) is 0.740. The molecule has 0 saturated carbocycles. The molecule has 1 aliphatic rings. The maximum absolute atomic E-state index is 12.4. The SMILES string of the molecule is O=C(/C=C/c1ccsc1)N1CCN(S(=O)(=O)/C=C/c2ccccc2)CC1. The predicted octanol–water partition coefficient (Wildman–Crippen LogP) is 2.91. The molecule has 0 spiro atoms. The van der Waals surface area contributed by atoms with Crippen molar-refractivity contribution >= 4 is 39.4 Å². The zero-order valence-corrected chi connectivity index (χ0v) is 15.8. The Hall–Kier alpha value is -2.22. The Bertz CT molecular complexity index is 880. The Morgan fingerprint density at radius 3 is 2.35 bits per heavy atom. The minimum atomic E-state index is -3.48. The van der Waals surface area contributed by atoms with Gasteiger partial charge in [-0.2, -0.15) is 15.6 Å². The number of thiophene rings is 1. The second kappa shape index (κ2) is 8.44. The Kier molecular flexibility index (Phi) is 6.03. The summed E-state index contributed by atoms with van der Waals surface area (Å²) in [5, 5.41) is 5.15. The van der Waals surface area contributed by atoms with Gasteiger partial charge in [0.2, 0.25) is 15.9 Å². The standard InChI is InChI=1S/C19H20N2O3S2/c22-19(7-6-18-8-14-25-16-18)20-10-12-21(13-11-20)26(23,24)15-9-17-4-2-1-3-5-17/h1-9,14-16H,10-13H2/b7-6+,15-9+. The van der Waals surface area contributed by atoms with Gasteiger partial charge in [0.1, 0.15) is 0 Å². The van der Waals surface area contributed by atoms with E-state index >= 15 is 0 Å². The van der Waals surface area contributed by atoms with Gasteiger partial charge in [-0.05, 0) is 40.1 Å². The summed E-state index contributed by atoms with van der Waals surface area (Å²) in [6.07, 6.45) is 4.92. The van der Waals surface area contributed by atoms with Gasteiger partial charge in [0, 0.05) is 37.7 Å². The lowest BCUT2D eigenvalue weighted by Crippen LogP contribution is -2.49. The molecule has 2 aromatic rings. The van der Waals surface area contributed by atoms with E-state index in [0.29, 0.717) is 26.2 Å². The van der Waals surface area contributed by atoms with Gasteiger partial charge in [0.05, 0.1) is 0 Å². The first-order valence-electron chi connectivity index (χ1n) is 8.27. The van der Waals surface area contributed by atoms with Gasteiger partial charge in [-0.1, -0.05) is 30.3 Å². The Balaban J connectivity index is 1.55. The first kappa shape index (κ1) is 18.6. The number of piperazine rings is 1. The van der Waals surface area contributed by atoms with Crippen molar-refractivity contribution in [1.82, 2.24) is 9.21 Å². The third kappa shape index (κ3) is 4.91. The molecule has 26 heavy (non-hydrogen) atoms. The van der Waals surface area contributed by atoms with Crippen LogP contribution in [-0.4, -0.2) is 49.7 Å². The van der Waals surface area contributed by atoms with Gasteiger partial charge in [0.15, 0.2) is 0 Å². The van der Waals surface area contributed by atoms with Crippen LogP contribution in [0.4, 0.5) is 0 Å². The van der Waals surface area contributed by atoms with Gasteiger partial charge >= 0.3 is 0 Å². The van der Waals surface area contributed by atoms with E-state index in [1.807, 2.05) is 47.2 Å². The highest BCUT2D eigenvalue weighted by Crippen LogP contribution is 2.13. The fourth-order valence-corrected chi connectivity index (χ4v) is 4.42. The third-order valence-electron chi connectivity index (χ3n) is 4.10. The van der Waals surface area contributed by atoms with Crippen LogP contribution in [-0.2, 0) is 14.8 Å². The lowest BCUT2D eigenvalue weighted by atomic mass is 10.2. The Morgan fingerprint density at radius 1 is 0.962 bits per heavy atom. The summed E-state index contributed by atoms with van der Waals surface area (Å²) in [4.78, 5) is 13.9. The Morgan fingerprint density at radius 2 is 1.69 bits per heavy atom. The summed E-state index contributed by atoms with van der Waals surface area (Å²) in [6.45, 7) is 1.40. The number of carbonyl (C=O) groups is 1. The molecule has 7 heteroatoms. The van der Waals surface area contributed by atoms with Crippen molar-refractivity contribution in [2.24, 2.45) is 0 Å². The van der Waals surface area contributed by atoms with E-state index in [9.17, 15) is 13.2 Å². The molecule has 2 heterocycles. The van der Waals surface area contributed by atoms with Crippen molar-refractivity contribution in [3.05, 3.63) is 69.8 Å². The number of carbonyl (C=O) groups excluding carboxylic acids is 1. The lowest BCUT2D eigenvalue weighted by molar-refractivity contribution is -0.127. The van der Waals surface area contributed by atoms with E-state index in [0.717, 1.165) is 11.1 Å². The molecule has 0 radical (unpaired) electrons. The molecule has 0 N–H and O–H groups in total. The van der Waals surface area contributed by atoms with E-state index < -0.39 is 10.0 Å². The van der Waals surface area contributed by atoms with E-state index in [1.165, 1.54) is 9.71 Å². The topological polar surface area (TPSA) is 57.7 Å². The number of amides is 1. The van der Waals surface area contributed by atoms with Crippen LogP contribution in [0, 0.1) is 0 Å². The molecule has 1 saturated heterocycles. The normalized spacial score (nSPS) is 16.5. The summed E-state index contributed by atoms with van der Waals surface area (Å²) in [5.41, 5.74) is 1.83. The number of sulfonamides is 1. The van der Waals surface area contributed by atoms with Gasteiger partial charge in [-0.3, -0.25) is 4.79 Å². The van der Waals surface area contributed by atoms with Crippen LogP contribution in [0.3, 0.4) is 0 Å². The number of rotatable bonds is 5. The average molecular weight is 389 g/mol. The highest BCUT2D eigenvalue weighted by molar-refractivity contribution is 7.92. The van der Waals surface area contributed by atoms with Crippen molar-refractivity contribution in [1.29, 1.82) is 0 Å². The number of hydrogen-bond acceptors (Lipinski definition) is 4. The van der Waals surface area contributed by atoms with E-state index in [2.05, 4.69) is 0 Å². The fraction of sp³-hybridized carbons (Fsp3) is 0.211. The van der Waals surface area contributed by atoms with Crippen molar-refractivity contribution in [2.75, 3.05) is 26.2 Å². The first-order chi connectivity index (χ1) is 12.5. The monoisotopic (exact) mass is 388 g/mol. The molecule has 3 rings (SSSR count). The summed E-state index contributed by atoms with van der Waals surface area (Å²) in [6, 6.07) is 11.2. The average Bonchev–Trinajstić information content (AvgIpc) is 3.19. The largest absolute Gasteiger partial charge is 0.337 e.